The lowest BCUT2D eigenvalue weighted by molar-refractivity contribution is -0.130. The van der Waals surface area contributed by atoms with Gasteiger partial charge in [0, 0.05) is 33.5 Å². The van der Waals surface area contributed by atoms with Gasteiger partial charge in [-0.15, -0.1) is 0 Å². The summed E-state index contributed by atoms with van der Waals surface area (Å²) in [6.07, 6.45) is 4.87. The standard InChI is InChI=1S/C14H27N3O.H2/c1-3-15-13-4-8-17(9-5-13)14-6-10-16(11-7-14)12(2)18;/h13-15H,3-11H2,1-2H3;1H. The molecule has 0 aliphatic carbocycles. The molecule has 0 aromatic carbocycles. The molecule has 4 nitrogen and oxygen atoms in total. The number of hydrogen-bond donors (Lipinski definition) is 1. The zero-order valence-electron chi connectivity index (χ0n) is 11.8. The van der Waals surface area contributed by atoms with E-state index in [1.54, 1.807) is 6.92 Å². The fourth-order valence-corrected chi connectivity index (χ4v) is 3.30. The van der Waals surface area contributed by atoms with Gasteiger partial charge >= 0.3 is 0 Å². The van der Waals surface area contributed by atoms with E-state index in [-0.39, 0.29) is 7.33 Å². The van der Waals surface area contributed by atoms with Crippen LogP contribution in [-0.4, -0.2) is 60.5 Å². The molecule has 2 fully saturated rings. The molecule has 1 N–H and O–H groups in total. The summed E-state index contributed by atoms with van der Waals surface area (Å²) in [6, 6.07) is 1.44. The normalized spacial score (nSPS) is 24.4. The van der Waals surface area contributed by atoms with Crippen LogP contribution >= 0.6 is 0 Å². The lowest BCUT2D eigenvalue weighted by atomic mass is 9.98. The summed E-state index contributed by atoms with van der Waals surface area (Å²) >= 11 is 0. The highest BCUT2D eigenvalue weighted by molar-refractivity contribution is 5.73. The molecule has 0 unspecified atom stereocenters. The van der Waals surface area contributed by atoms with Gasteiger partial charge in [0.1, 0.15) is 0 Å². The smallest absolute Gasteiger partial charge is 0.219 e. The predicted molar refractivity (Wildman–Crippen MR) is 75.7 cm³/mol. The van der Waals surface area contributed by atoms with Crippen LogP contribution in [0.3, 0.4) is 0 Å². The molecule has 0 bridgehead atoms. The third kappa shape index (κ3) is 3.45. The van der Waals surface area contributed by atoms with Crippen molar-refractivity contribution in [1.29, 1.82) is 0 Å². The number of nitrogens with one attached hydrogen (secondary N) is 1. The van der Waals surface area contributed by atoms with E-state index in [0.717, 1.165) is 38.5 Å². The van der Waals surface area contributed by atoms with Gasteiger partial charge in [0.2, 0.25) is 5.91 Å². The number of carbonyl (C=O) groups excluding carboxylic acids is 1. The van der Waals surface area contributed by atoms with Gasteiger partial charge in [0.25, 0.3) is 0 Å². The van der Waals surface area contributed by atoms with Crippen molar-refractivity contribution >= 4 is 5.91 Å². The van der Waals surface area contributed by atoms with Crippen molar-refractivity contribution < 1.29 is 6.22 Å². The quantitative estimate of drug-likeness (QED) is 0.826. The first-order chi connectivity index (χ1) is 8.70. The van der Waals surface area contributed by atoms with Gasteiger partial charge in [-0.1, -0.05) is 6.92 Å². The van der Waals surface area contributed by atoms with E-state index in [4.69, 9.17) is 0 Å². The Hall–Kier alpha value is -0.610. The second-order valence-corrected chi connectivity index (χ2v) is 5.61. The van der Waals surface area contributed by atoms with E-state index in [1.807, 2.05) is 4.90 Å². The minimum Gasteiger partial charge on any atom is -0.343 e. The molecule has 2 aliphatic heterocycles. The Kier molecular flexibility index (Phi) is 5.01. The Labute approximate surface area is 112 Å². The highest BCUT2D eigenvalue weighted by Crippen LogP contribution is 2.21. The van der Waals surface area contributed by atoms with Crippen LogP contribution in [0.4, 0.5) is 0 Å². The van der Waals surface area contributed by atoms with E-state index >= 15 is 0 Å². The molecule has 0 spiro atoms. The van der Waals surface area contributed by atoms with Crippen molar-refractivity contribution in [3.8, 4) is 0 Å². The van der Waals surface area contributed by atoms with Gasteiger partial charge in [-0.25, -0.2) is 0 Å². The maximum atomic E-state index is 11.3. The molecule has 1 amide bonds. The van der Waals surface area contributed by atoms with Crippen molar-refractivity contribution in [2.45, 2.75) is 51.6 Å². The Morgan fingerprint density at radius 1 is 1.17 bits per heavy atom. The number of nitrogens with zero attached hydrogens (tertiary/aromatic N) is 2. The summed E-state index contributed by atoms with van der Waals surface area (Å²) in [5.41, 5.74) is 0. The fraction of sp³-hybridized carbons (Fsp3) is 0.929. The second kappa shape index (κ2) is 6.53. The minimum absolute atomic E-state index is 0. The molecule has 2 aliphatic rings. The third-order valence-corrected chi connectivity index (χ3v) is 4.45. The van der Waals surface area contributed by atoms with E-state index in [2.05, 4.69) is 17.1 Å². The first kappa shape index (κ1) is 13.8. The summed E-state index contributed by atoms with van der Waals surface area (Å²) < 4.78 is 0. The van der Waals surface area contributed by atoms with Crippen LogP contribution in [0.25, 0.3) is 0 Å². The van der Waals surface area contributed by atoms with Crippen LogP contribution in [0.5, 0.6) is 0 Å². The average molecular weight is 255 g/mol. The van der Waals surface area contributed by atoms with Gasteiger partial charge < -0.3 is 15.1 Å². The lowest BCUT2D eigenvalue weighted by Gasteiger charge is -2.41. The van der Waals surface area contributed by atoms with Gasteiger partial charge in [-0.2, -0.15) is 0 Å². The Morgan fingerprint density at radius 2 is 1.78 bits per heavy atom. The molecule has 0 aromatic rings. The van der Waals surface area contributed by atoms with Crippen molar-refractivity contribution in [3.63, 3.8) is 0 Å². The van der Waals surface area contributed by atoms with Crippen LogP contribution in [0.2, 0.25) is 0 Å². The van der Waals surface area contributed by atoms with Crippen LogP contribution in [0.15, 0.2) is 0 Å². The van der Waals surface area contributed by atoms with Crippen LogP contribution in [0.1, 0.15) is 41.0 Å². The number of piperidine rings is 2. The molecule has 0 atom stereocenters. The molecular formula is C14H29N3O. The molecule has 18 heavy (non-hydrogen) atoms. The zero-order chi connectivity index (χ0) is 13.0. The molecule has 106 valence electrons. The Morgan fingerprint density at radius 3 is 2.28 bits per heavy atom. The highest BCUT2D eigenvalue weighted by atomic mass is 16.2. The fourth-order valence-electron chi connectivity index (χ4n) is 3.30. The van der Waals surface area contributed by atoms with E-state index < -0.39 is 0 Å². The summed E-state index contributed by atoms with van der Waals surface area (Å²) in [7, 11) is 0. The number of hydrogen-bond acceptors (Lipinski definition) is 3. The predicted octanol–water partition coefficient (Wildman–Crippen LogP) is 1.32. The van der Waals surface area contributed by atoms with Crippen molar-refractivity contribution in [3.05, 3.63) is 0 Å². The first-order valence-electron chi connectivity index (χ1n) is 7.43. The average Bonchev–Trinajstić information content (AvgIpc) is 2.40. The first-order valence-corrected chi connectivity index (χ1v) is 7.43. The molecule has 2 heterocycles. The number of likely N-dealkylation sites (tertiary alicyclic amines) is 2. The van der Waals surface area contributed by atoms with Crippen LogP contribution in [-0.2, 0) is 4.79 Å². The van der Waals surface area contributed by atoms with Gasteiger partial charge in [0.05, 0.1) is 0 Å². The van der Waals surface area contributed by atoms with Crippen molar-refractivity contribution in [2.75, 3.05) is 32.7 Å². The maximum absolute atomic E-state index is 11.3. The van der Waals surface area contributed by atoms with E-state index in [1.165, 1.54) is 25.9 Å². The Bertz CT molecular complexity index is 272. The minimum atomic E-state index is 0. The summed E-state index contributed by atoms with van der Waals surface area (Å²) in [6.45, 7) is 9.30. The summed E-state index contributed by atoms with van der Waals surface area (Å²) in [5, 5.41) is 3.55. The number of amides is 1. The van der Waals surface area contributed by atoms with Crippen molar-refractivity contribution in [1.82, 2.24) is 15.1 Å². The van der Waals surface area contributed by atoms with Gasteiger partial charge in [0.15, 0.2) is 0 Å². The SMILES string of the molecule is CCNC1CCN(C2CCN(C(C)=O)CC2)CC1.[HH]. The van der Waals surface area contributed by atoms with Crippen LogP contribution < -0.4 is 5.32 Å². The van der Waals surface area contributed by atoms with E-state index in [9.17, 15) is 4.79 Å². The monoisotopic (exact) mass is 255 g/mol. The topological polar surface area (TPSA) is 35.6 Å². The molecule has 0 saturated carbocycles. The van der Waals surface area contributed by atoms with Crippen molar-refractivity contribution in [2.24, 2.45) is 0 Å². The van der Waals surface area contributed by atoms with Crippen LogP contribution in [0, 0.1) is 0 Å². The largest absolute Gasteiger partial charge is 0.343 e. The second-order valence-electron chi connectivity index (χ2n) is 5.61. The van der Waals surface area contributed by atoms with Gasteiger partial charge in [-0.05, 0) is 45.3 Å². The molecule has 0 radical (unpaired) electrons. The summed E-state index contributed by atoms with van der Waals surface area (Å²) in [4.78, 5) is 15.9. The molecule has 0 aromatic heterocycles. The third-order valence-electron chi connectivity index (χ3n) is 4.45. The zero-order valence-corrected chi connectivity index (χ0v) is 11.8. The highest BCUT2D eigenvalue weighted by Gasteiger charge is 2.28. The molecular weight excluding hydrogens is 226 g/mol. The molecule has 4 heteroatoms. The Balaban J connectivity index is 0.00000180. The number of carbonyl (C=O) groups is 1. The van der Waals surface area contributed by atoms with Gasteiger partial charge in [-0.3, -0.25) is 4.79 Å². The molecule has 2 rings (SSSR count). The van der Waals surface area contributed by atoms with E-state index in [0.29, 0.717) is 6.04 Å². The maximum Gasteiger partial charge on any atom is 0.219 e. The molecule has 2 saturated heterocycles. The summed E-state index contributed by atoms with van der Waals surface area (Å²) in [5.74, 6) is 0.235. The lowest BCUT2D eigenvalue weighted by Crippen LogP contribution is -2.50. The number of rotatable bonds is 3.